The summed E-state index contributed by atoms with van der Waals surface area (Å²) in [6, 6.07) is 11.9. The van der Waals surface area contributed by atoms with E-state index in [4.69, 9.17) is 0 Å². The molecule has 0 aliphatic rings. The standard InChI is InChI=1S/C17H18N2O3/c1-3-12-8-6-7-11(2)15(12)19-17(22)16(21)18-13-9-4-5-10-14(13)20/h4-10,20H,3H2,1-2H3,(H,18,21)(H,19,22). The van der Waals surface area contributed by atoms with Crippen LogP contribution in [-0.2, 0) is 16.0 Å². The molecular formula is C17H18N2O3. The second kappa shape index (κ2) is 6.76. The Morgan fingerprint density at radius 2 is 1.68 bits per heavy atom. The average Bonchev–Trinajstić information content (AvgIpc) is 2.51. The molecule has 22 heavy (non-hydrogen) atoms. The fourth-order valence-electron chi connectivity index (χ4n) is 2.13. The first-order valence-electron chi connectivity index (χ1n) is 7.01. The molecule has 0 bridgehead atoms. The van der Waals surface area contributed by atoms with Gasteiger partial charge in [0.1, 0.15) is 5.75 Å². The van der Waals surface area contributed by atoms with E-state index in [9.17, 15) is 14.7 Å². The molecule has 114 valence electrons. The molecule has 5 nitrogen and oxygen atoms in total. The van der Waals surface area contributed by atoms with E-state index < -0.39 is 11.8 Å². The van der Waals surface area contributed by atoms with Crippen LogP contribution in [0.15, 0.2) is 42.5 Å². The van der Waals surface area contributed by atoms with Crippen LogP contribution < -0.4 is 10.6 Å². The Balaban J connectivity index is 2.13. The molecule has 0 atom stereocenters. The summed E-state index contributed by atoms with van der Waals surface area (Å²) in [6.45, 7) is 3.85. The third kappa shape index (κ3) is 3.44. The lowest BCUT2D eigenvalue weighted by Gasteiger charge is -2.13. The average molecular weight is 298 g/mol. The van der Waals surface area contributed by atoms with Crippen molar-refractivity contribution in [2.75, 3.05) is 10.6 Å². The monoisotopic (exact) mass is 298 g/mol. The highest BCUT2D eigenvalue weighted by atomic mass is 16.3. The van der Waals surface area contributed by atoms with Gasteiger partial charge in [0.15, 0.2) is 0 Å². The molecule has 2 rings (SSSR count). The van der Waals surface area contributed by atoms with E-state index in [1.54, 1.807) is 12.1 Å². The van der Waals surface area contributed by atoms with E-state index >= 15 is 0 Å². The van der Waals surface area contributed by atoms with Crippen LogP contribution in [0.3, 0.4) is 0 Å². The number of phenolic OH excluding ortho intramolecular Hbond substituents is 1. The minimum atomic E-state index is -0.827. The number of phenols is 1. The molecule has 0 heterocycles. The molecule has 2 aromatic carbocycles. The predicted molar refractivity (Wildman–Crippen MR) is 85.9 cm³/mol. The number of hydrogen-bond acceptors (Lipinski definition) is 3. The van der Waals surface area contributed by atoms with Crippen LogP contribution in [0, 0.1) is 6.92 Å². The smallest absolute Gasteiger partial charge is 0.314 e. The first kappa shape index (κ1) is 15.6. The maximum atomic E-state index is 12.0. The van der Waals surface area contributed by atoms with E-state index in [-0.39, 0.29) is 11.4 Å². The Hall–Kier alpha value is -2.82. The quantitative estimate of drug-likeness (QED) is 0.602. The van der Waals surface area contributed by atoms with Crippen LogP contribution in [0.1, 0.15) is 18.1 Å². The molecule has 3 N–H and O–H groups in total. The van der Waals surface area contributed by atoms with Gasteiger partial charge in [0, 0.05) is 5.69 Å². The molecule has 0 aliphatic heterocycles. The lowest BCUT2D eigenvalue weighted by atomic mass is 10.1. The number of hydrogen-bond donors (Lipinski definition) is 3. The number of amides is 2. The number of para-hydroxylation sites is 3. The molecule has 0 saturated carbocycles. The molecule has 0 radical (unpaired) electrons. The van der Waals surface area contributed by atoms with Crippen LogP contribution in [0.2, 0.25) is 0 Å². The molecule has 0 aromatic heterocycles. The van der Waals surface area contributed by atoms with Crippen molar-refractivity contribution in [3.63, 3.8) is 0 Å². The van der Waals surface area contributed by atoms with E-state index in [1.807, 2.05) is 32.0 Å². The highest BCUT2D eigenvalue weighted by Gasteiger charge is 2.17. The normalized spacial score (nSPS) is 10.1. The lowest BCUT2D eigenvalue weighted by molar-refractivity contribution is -0.133. The molecule has 0 unspecified atom stereocenters. The van der Waals surface area contributed by atoms with Gasteiger partial charge in [-0.2, -0.15) is 0 Å². The first-order chi connectivity index (χ1) is 10.5. The number of aryl methyl sites for hydroxylation is 2. The van der Waals surface area contributed by atoms with E-state index in [0.717, 1.165) is 17.5 Å². The molecule has 0 saturated heterocycles. The number of carbonyl (C=O) groups is 2. The first-order valence-corrected chi connectivity index (χ1v) is 7.01. The minimum Gasteiger partial charge on any atom is -0.506 e. The number of aromatic hydroxyl groups is 1. The lowest BCUT2D eigenvalue weighted by Crippen LogP contribution is -2.29. The fourth-order valence-corrected chi connectivity index (χ4v) is 2.13. The van der Waals surface area contributed by atoms with Crippen molar-refractivity contribution in [2.45, 2.75) is 20.3 Å². The number of nitrogens with one attached hydrogen (secondary N) is 2. The van der Waals surface area contributed by atoms with E-state index in [0.29, 0.717) is 5.69 Å². The summed E-state index contributed by atoms with van der Waals surface area (Å²) in [5.74, 6) is -1.69. The van der Waals surface area contributed by atoms with Crippen LogP contribution in [0.25, 0.3) is 0 Å². The van der Waals surface area contributed by atoms with Crippen molar-refractivity contribution in [1.29, 1.82) is 0 Å². The zero-order valence-electron chi connectivity index (χ0n) is 12.5. The summed E-state index contributed by atoms with van der Waals surface area (Å²) >= 11 is 0. The van der Waals surface area contributed by atoms with E-state index in [1.165, 1.54) is 12.1 Å². The van der Waals surface area contributed by atoms with Gasteiger partial charge in [0.25, 0.3) is 0 Å². The highest BCUT2D eigenvalue weighted by Crippen LogP contribution is 2.23. The van der Waals surface area contributed by atoms with Crippen LogP contribution in [0.4, 0.5) is 11.4 Å². The minimum absolute atomic E-state index is 0.0891. The van der Waals surface area contributed by atoms with Crippen LogP contribution >= 0.6 is 0 Å². The van der Waals surface area contributed by atoms with Gasteiger partial charge in [-0.1, -0.05) is 37.3 Å². The van der Waals surface area contributed by atoms with Crippen molar-refractivity contribution in [2.24, 2.45) is 0 Å². The zero-order chi connectivity index (χ0) is 16.1. The third-order valence-corrected chi connectivity index (χ3v) is 3.34. The summed E-state index contributed by atoms with van der Waals surface area (Å²) < 4.78 is 0. The summed E-state index contributed by atoms with van der Waals surface area (Å²) in [4.78, 5) is 24.0. The van der Waals surface area contributed by atoms with Crippen LogP contribution in [-0.4, -0.2) is 16.9 Å². The Labute approximate surface area is 129 Å². The van der Waals surface area contributed by atoms with Crippen LogP contribution in [0.5, 0.6) is 5.75 Å². The van der Waals surface area contributed by atoms with Gasteiger partial charge in [-0.05, 0) is 36.6 Å². The maximum absolute atomic E-state index is 12.0. The topological polar surface area (TPSA) is 78.4 Å². The van der Waals surface area contributed by atoms with Crippen molar-refractivity contribution in [1.82, 2.24) is 0 Å². The van der Waals surface area contributed by atoms with E-state index in [2.05, 4.69) is 10.6 Å². The Morgan fingerprint density at radius 1 is 1.00 bits per heavy atom. The molecule has 0 fully saturated rings. The van der Waals surface area contributed by atoms with Gasteiger partial charge in [0.05, 0.1) is 5.69 Å². The van der Waals surface area contributed by atoms with Crippen molar-refractivity contribution < 1.29 is 14.7 Å². The van der Waals surface area contributed by atoms with Gasteiger partial charge in [0.2, 0.25) is 0 Å². The number of benzene rings is 2. The second-order valence-corrected chi connectivity index (χ2v) is 4.89. The molecule has 0 aliphatic carbocycles. The molecule has 2 aromatic rings. The number of anilines is 2. The second-order valence-electron chi connectivity index (χ2n) is 4.89. The largest absolute Gasteiger partial charge is 0.506 e. The Morgan fingerprint density at radius 3 is 2.36 bits per heavy atom. The zero-order valence-corrected chi connectivity index (χ0v) is 12.5. The van der Waals surface area contributed by atoms with Crippen molar-refractivity contribution >= 4 is 23.2 Å². The highest BCUT2D eigenvalue weighted by molar-refractivity contribution is 6.43. The van der Waals surface area contributed by atoms with Gasteiger partial charge in [-0.15, -0.1) is 0 Å². The van der Waals surface area contributed by atoms with Crippen molar-refractivity contribution in [3.8, 4) is 5.75 Å². The summed E-state index contributed by atoms with van der Waals surface area (Å²) in [5.41, 5.74) is 2.71. The number of rotatable bonds is 3. The van der Waals surface area contributed by atoms with Gasteiger partial charge in [-0.25, -0.2) is 0 Å². The summed E-state index contributed by atoms with van der Waals surface area (Å²) in [6.07, 6.45) is 0.748. The third-order valence-electron chi connectivity index (χ3n) is 3.34. The summed E-state index contributed by atoms with van der Waals surface area (Å²) in [5, 5.41) is 14.6. The van der Waals surface area contributed by atoms with Gasteiger partial charge in [-0.3, -0.25) is 9.59 Å². The van der Waals surface area contributed by atoms with Crippen molar-refractivity contribution in [3.05, 3.63) is 53.6 Å². The molecular weight excluding hydrogens is 280 g/mol. The Bertz CT molecular complexity index is 711. The fraction of sp³-hybridized carbons (Fsp3) is 0.176. The van der Waals surface area contributed by atoms with Gasteiger partial charge < -0.3 is 15.7 Å². The molecule has 0 spiro atoms. The number of carbonyl (C=O) groups excluding carboxylic acids is 2. The molecule has 2 amide bonds. The maximum Gasteiger partial charge on any atom is 0.314 e. The SMILES string of the molecule is CCc1cccc(C)c1NC(=O)C(=O)Nc1ccccc1O. The predicted octanol–water partition coefficient (Wildman–Crippen LogP) is 2.84. The summed E-state index contributed by atoms with van der Waals surface area (Å²) in [7, 11) is 0. The molecule has 5 heteroatoms. The Kier molecular flexibility index (Phi) is 4.78. The van der Waals surface area contributed by atoms with Gasteiger partial charge >= 0.3 is 11.8 Å².